The topological polar surface area (TPSA) is 84.9 Å². The molecule has 1 aromatic rings. The largest absolute Gasteiger partial charge is 0.464 e. The molecule has 2 rings (SSSR count). The molecule has 2 N–H and O–H groups in total. The van der Waals surface area contributed by atoms with Gasteiger partial charge in [0.05, 0.1) is 11.0 Å². The minimum atomic E-state index is -4.30. The third kappa shape index (κ3) is 3.27. The zero-order chi connectivity index (χ0) is 16.8. The molecule has 0 amide bonds. The molecule has 0 spiro atoms. The highest BCUT2D eigenvalue weighted by atomic mass is 32.2. The molecule has 1 aliphatic rings. The number of rotatable bonds is 5. The van der Waals surface area contributed by atoms with E-state index in [4.69, 9.17) is 14.0 Å². The Morgan fingerprint density at radius 2 is 2.05 bits per heavy atom. The van der Waals surface area contributed by atoms with Crippen LogP contribution >= 0.6 is 0 Å². The first-order valence-corrected chi connectivity index (χ1v) is 8.61. The molecule has 124 valence electrons. The molecule has 1 aliphatic heterocycles. The van der Waals surface area contributed by atoms with Crippen LogP contribution in [-0.2, 0) is 26.0 Å². The van der Waals surface area contributed by atoms with E-state index < -0.39 is 15.8 Å². The maximum Gasteiger partial charge on any atom is 0.334 e. The van der Waals surface area contributed by atoms with Crippen molar-refractivity contribution in [3.8, 4) is 5.75 Å². The van der Waals surface area contributed by atoms with Crippen molar-refractivity contribution in [2.24, 2.45) is 0 Å². The van der Waals surface area contributed by atoms with Crippen LogP contribution < -0.4 is 9.46 Å². The van der Waals surface area contributed by atoms with Gasteiger partial charge in [0, 0.05) is 12.2 Å². The second-order valence-corrected chi connectivity index (χ2v) is 7.69. The van der Waals surface area contributed by atoms with E-state index in [1.165, 1.54) is 0 Å². The Kier molecular flexibility index (Phi) is 4.29. The van der Waals surface area contributed by atoms with Gasteiger partial charge in [-0.1, -0.05) is 6.07 Å². The summed E-state index contributed by atoms with van der Waals surface area (Å²) in [7, 11) is -4.30. The highest BCUT2D eigenvalue weighted by molar-refractivity contribution is 7.83. The standard InChI is InChI=1S/C15H23NO5S/c1-6-20-13-14(2,3)11-9-10(7-8-12(11)21-13)15(4,5)16-22(17,18)19/h7-9,13,16H,6H2,1-5H3,(H,17,18,19). The molecule has 0 radical (unpaired) electrons. The summed E-state index contributed by atoms with van der Waals surface area (Å²) < 4.78 is 45.0. The summed E-state index contributed by atoms with van der Waals surface area (Å²) in [5.74, 6) is 0.731. The predicted molar refractivity (Wildman–Crippen MR) is 83.2 cm³/mol. The molecular weight excluding hydrogens is 306 g/mol. The lowest BCUT2D eigenvalue weighted by atomic mass is 9.82. The van der Waals surface area contributed by atoms with E-state index in [0.717, 1.165) is 16.9 Å². The second-order valence-electron chi connectivity index (χ2n) is 6.54. The molecule has 0 fully saturated rings. The molecule has 6 nitrogen and oxygen atoms in total. The summed E-state index contributed by atoms with van der Waals surface area (Å²) in [6.07, 6.45) is -0.375. The number of fused-ring (bicyclic) bond motifs is 1. The van der Waals surface area contributed by atoms with Crippen LogP contribution in [0.5, 0.6) is 5.75 Å². The van der Waals surface area contributed by atoms with Crippen molar-refractivity contribution in [3.05, 3.63) is 29.3 Å². The van der Waals surface area contributed by atoms with Gasteiger partial charge in [-0.25, -0.2) is 0 Å². The second kappa shape index (κ2) is 5.49. The van der Waals surface area contributed by atoms with E-state index in [2.05, 4.69) is 4.72 Å². The number of benzene rings is 1. The van der Waals surface area contributed by atoms with E-state index in [1.807, 2.05) is 26.8 Å². The first kappa shape index (κ1) is 17.2. The number of nitrogens with one attached hydrogen (secondary N) is 1. The number of ether oxygens (including phenoxy) is 2. The SMILES string of the molecule is CCOC1Oc2ccc(C(C)(C)NS(=O)(=O)O)cc2C1(C)C. The van der Waals surface area contributed by atoms with Crippen molar-refractivity contribution in [1.29, 1.82) is 0 Å². The van der Waals surface area contributed by atoms with Crippen LogP contribution in [0.4, 0.5) is 0 Å². The van der Waals surface area contributed by atoms with E-state index >= 15 is 0 Å². The van der Waals surface area contributed by atoms with Gasteiger partial charge in [0.2, 0.25) is 6.29 Å². The van der Waals surface area contributed by atoms with Crippen LogP contribution in [0.1, 0.15) is 45.7 Å². The summed E-state index contributed by atoms with van der Waals surface area (Å²) in [5, 5.41) is 0. The molecule has 7 heteroatoms. The van der Waals surface area contributed by atoms with Crippen molar-refractivity contribution in [1.82, 2.24) is 4.72 Å². The summed E-state index contributed by atoms with van der Waals surface area (Å²) in [6, 6.07) is 5.48. The fourth-order valence-corrected chi connectivity index (χ4v) is 3.45. The van der Waals surface area contributed by atoms with E-state index in [0.29, 0.717) is 6.61 Å². The Balaban J connectivity index is 2.40. The zero-order valence-electron chi connectivity index (χ0n) is 13.5. The first-order valence-electron chi connectivity index (χ1n) is 7.17. The normalized spacial score (nSPS) is 20.5. The fourth-order valence-electron chi connectivity index (χ4n) is 2.69. The highest BCUT2D eigenvalue weighted by Crippen LogP contribution is 2.44. The van der Waals surface area contributed by atoms with Crippen molar-refractivity contribution in [2.45, 2.75) is 51.9 Å². The third-order valence-corrected chi connectivity index (χ3v) is 4.69. The van der Waals surface area contributed by atoms with Crippen molar-refractivity contribution >= 4 is 10.3 Å². The molecule has 0 aromatic heterocycles. The Hall–Kier alpha value is -1.15. The molecule has 1 atom stereocenters. The smallest absolute Gasteiger partial charge is 0.334 e. The molecule has 1 unspecified atom stereocenters. The molecule has 0 saturated carbocycles. The summed E-state index contributed by atoms with van der Waals surface area (Å²) in [4.78, 5) is 0. The van der Waals surface area contributed by atoms with Crippen LogP contribution in [0.25, 0.3) is 0 Å². The van der Waals surface area contributed by atoms with Crippen LogP contribution in [0.3, 0.4) is 0 Å². The molecule has 0 bridgehead atoms. The minimum Gasteiger partial charge on any atom is -0.464 e. The van der Waals surface area contributed by atoms with Crippen molar-refractivity contribution in [2.75, 3.05) is 6.61 Å². The molecule has 0 saturated heterocycles. The predicted octanol–water partition coefficient (Wildman–Crippen LogP) is 2.35. The summed E-state index contributed by atoms with van der Waals surface area (Å²) in [6.45, 7) is 9.87. The number of hydrogen-bond donors (Lipinski definition) is 2. The van der Waals surface area contributed by atoms with Crippen molar-refractivity contribution < 1.29 is 22.4 Å². The van der Waals surface area contributed by atoms with E-state index in [1.54, 1.807) is 26.0 Å². The van der Waals surface area contributed by atoms with Gasteiger partial charge >= 0.3 is 10.3 Å². The lowest BCUT2D eigenvalue weighted by molar-refractivity contribution is -0.0981. The molecular formula is C15H23NO5S. The minimum absolute atomic E-state index is 0.352. The Labute approximate surface area is 131 Å². The Morgan fingerprint density at radius 1 is 1.41 bits per heavy atom. The lowest BCUT2D eigenvalue weighted by Gasteiger charge is -2.28. The number of hydrogen-bond acceptors (Lipinski definition) is 4. The average Bonchev–Trinajstić information content (AvgIpc) is 2.59. The maximum absolute atomic E-state index is 11.1. The third-order valence-electron chi connectivity index (χ3n) is 3.92. The van der Waals surface area contributed by atoms with Gasteiger partial charge in [0.25, 0.3) is 0 Å². The van der Waals surface area contributed by atoms with Gasteiger partial charge in [0.15, 0.2) is 0 Å². The zero-order valence-corrected chi connectivity index (χ0v) is 14.3. The van der Waals surface area contributed by atoms with Gasteiger partial charge < -0.3 is 9.47 Å². The van der Waals surface area contributed by atoms with Gasteiger partial charge in [-0.3, -0.25) is 4.55 Å². The van der Waals surface area contributed by atoms with Crippen molar-refractivity contribution in [3.63, 3.8) is 0 Å². The summed E-state index contributed by atoms with van der Waals surface area (Å²) >= 11 is 0. The van der Waals surface area contributed by atoms with Gasteiger partial charge in [-0.05, 0) is 52.3 Å². The van der Waals surface area contributed by atoms with Gasteiger partial charge in [-0.2, -0.15) is 13.1 Å². The van der Waals surface area contributed by atoms with Gasteiger partial charge in [0.1, 0.15) is 5.75 Å². The van der Waals surface area contributed by atoms with Crippen LogP contribution in [0, 0.1) is 0 Å². The molecule has 22 heavy (non-hydrogen) atoms. The van der Waals surface area contributed by atoms with Crippen LogP contribution in [0.15, 0.2) is 18.2 Å². The lowest BCUT2D eigenvalue weighted by Crippen LogP contribution is -2.40. The summed E-state index contributed by atoms with van der Waals surface area (Å²) in [5.41, 5.74) is 0.393. The molecule has 0 aliphatic carbocycles. The van der Waals surface area contributed by atoms with Crippen LogP contribution in [0.2, 0.25) is 0 Å². The highest BCUT2D eigenvalue weighted by Gasteiger charge is 2.43. The monoisotopic (exact) mass is 329 g/mol. The molecule has 1 heterocycles. The Morgan fingerprint density at radius 3 is 2.59 bits per heavy atom. The quantitative estimate of drug-likeness (QED) is 0.810. The maximum atomic E-state index is 11.1. The average molecular weight is 329 g/mol. The van der Waals surface area contributed by atoms with E-state index in [9.17, 15) is 8.42 Å². The first-order chi connectivity index (χ1) is 9.97. The van der Waals surface area contributed by atoms with E-state index in [-0.39, 0.29) is 11.7 Å². The van der Waals surface area contributed by atoms with Gasteiger partial charge in [-0.15, -0.1) is 0 Å². The van der Waals surface area contributed by atoms with Crippen LogP contribution in [-0.4, -0.2) is 25.9 Å². The molecule has 1 aromatic carbocycles. The fraction of sp³-hybridized carbons (Fsp3) is 0.600. The Bertz CT molecular complexity index is 667.